The predicted octanol–water partition coefficient (Wildman–Crippen LogP) is 2.83. The van der Waals surface area contributed by atoms with Crippen molar-refractivity contribution < 1.29 is 18.9 Å². The van der Waals surface area contributed by atoms with E-state index in [-0.39, 0.29) is 24.9 Å². The Labute approximate surface area is 149 Å². The molecule has 0 bridgehead atoms. The minimum absolute atomic E-state index is 0. The average molecular weight is 301 g/mol. The number of allylic oxidation sites excluding steroid dienone is 1. The van der Waals surface area contributed by atoms with Crippen LogP contribution in [0.4, 0.5) is 0 Å². The number of aryl methyl sites for hydroxylation is 1. The van der Waals surface area contributed by atoms with Gasteiger partial charge in [-0.05, 0) is 42.4 Å². The molecule has 0 amide bonds. The molecular formula is C19H20LiNS. The van der Waals surface area contributed by atoms with E-state index < -0.39 is 0 Å². The Morgan fingerprint density at radius 1 is 1.05 bits per heavy atom. The van der Waals surface area contributed by atoms with Crippen LogP contribution in [0.15, 0.2) is 59.1 Å². The van der Waals surface area contributed by atoms with Crippen molar-refractivity contribution in [2.24, 2.45) is 0 Å². The minimum atomic E-state index is 0. The van der Waals surface area contributed by atoms with Gasteiger partial charge in [0.05, 0.1) is 0 Å². The van der Waals surface area contributed by atoms with Gasteiger partial charge in [0.25, 0.3) is 0 Å². The van der Waals surface area contributed by atoms with Crippen LogP contribution < -0.4 is 18.9 Å². The van der Waals surface area contributed by atoms with Gasteiger partial charge in [-0.15, -0.1) is 11.8 Å². The summed E-state index contributed by atoms with van der Waals surface area (Å²) in [6, 6.07) is 17.5. The van der Waals surface area contributed by atoms with Gasteiger partial charge in [-0.2, -0.15) is 5.70 Å². The van der Waals surface area contributed by atoms with Crippen molar-refractivity contribution in [1.82, 2.24) is 0 Å². The van der Waals surface area contributed by atoms with Crippen molar-refractivity contribution >= 4 is 17.8 Å². The van der Waals surface area contributed by atoms with Crippen molar-refractivity contribution in [3.8, 4) is 0 Å². The van der Waals surface area contributed by atoms with Crippen LogP contribution in [0, 0.1) is 0 Å². The maximum atomic E-state index is 4.90. The number of nitrogens with zero attached hydrogens (tertiary/aromatic N) is 1. The third-order valence-electron chi connectivity index (χ3n) is 3.96. The Morgan fingerprint density at radius 3 is 2.55 bits per heavy atom. The molecule has 0 N–H and O–H groups in total. The predicted molar refractivity (Wildman–Crippen MR) is 92.7 cm³/mol. The largest absolute Gasteiger partial charge is 1.00 e. The molecule has 2 aromatic rings. The maximum Gasteiger partial charge on any atom is 1.00 e. The monoisotopic (exact) mass is 301 g/mol. The number of benzene rings is 2. The topological polar surface area (TPSA) is 14.1 Å². The van der Waals surface area contributed by atoms with Gasteiger partial charge >= 0.3 is 18.9 Å². The third-order valence-corrected chi connectivity index (χ3v) is 4.69. The van der Waals surface area contributed by atoms with Crippen LogP contribution in [-0.4, -0.2) is 6.26 Å². The fraction of sp³-hybridized carbons (Fsp3) is 0.263. The summed E-state index contributed by atoms with van der Waals surface area (Å²) < 4.78 is 0. The van der Waals surface area contributed by atoms with Crippen LogP contribution in [0.3, 0.4) is 0 Å². The summed E-state index contributed by atoms with van der Waals surface area (Å²) in [5, 5.41) is 4.90. The first-order chi connectivity index (χ1) is 10.3. The smallest absolute Gasteiger partial charge is 0.682 e. The van der Waals surface area contributed by atoms with Crippen LogP contribution in [0.1, 0.15) is 36.1 Å². The number of rotatable bonds is 4. The fourth-order valence-electron chi connectivity index (χ4n) is 2.74. The Balaban J connectivity index is 0.00000176. The first-order valence-electron chi connectivity index (χ1n) is 7.39. The first-order valence-corrected chi connectivity index (χ1v) is 8.62. The zero-order chi connectivity index (χ0) is 14.7. The van der Waals surface area contributed by atoms with Gasteiger partial charge in [0.15, 0.2) is 0 Å². The first kappa shape index (κ1) is 17.3. The SMILES string of the molecule is CSc1ccc2c(c1)CCC([N-][C@H](C)c1ccccc1)=C2.[Li+]. The molecule has 0 unspecified atom stereocenters. The Hall–Kier alpha value is -1.07. The molecule has 1 aliphatic rings. The molecule has 3 rings (SSSR count). The van der Waals surface area contributed by atoms with Crippen molar-refractivity contribution in [2.45, 2.75) is 30.7 Å². The van der Waals surface area contributed by atoms with Gasteiger partial charge in [0, 0.05) is 4.90 Å². The molecule has 0 fully saturated rings. The Bertz CT molecular complexity index is 652. The standard InChI is InChI=1S/C19H20NS.Li/c1-14(15-6-4-3-5-7-15)20-18-10-8-17-13-19(21-2)11-9-16(17)12-18;/h3-7,9,11-14H,8,10H2,1-2H3;/q-1;+1/t14-;/m1./s1. The molecule has 2 aromatic carbocycles. The van der Waals surface area contributed by atoms with Crippen molar-refractivity contribution in [2.75, 3.05) is 6.26 Å². The van der Waals surface area contributed by atoms with E-state index in [0.717, 1.165) is 12.8 Å². The van der Waals surface area contributed by atoms with Crippen LogP contribution in [0.25, 0.3) is 11.4 Å². The Morgan fingerprint density at radius 2 is 1.82 bits per heavy atom. The summed E-state index contributed by atoms with van der Waals surface area (Å²) in [6.45, 7) is 2.17. The molecule has 22 heavy (non-hydrogen) atoms. The molecule has 0 saturated carbocycles. The molecule has 0 aliphatic heterocycles. The van der Waals surface area contributed by atoms with Gasteiger partial charge in [-0.3, -0.25) is 0 Å². The van der Waals surface area contributed by atoms with E-state index in [9.17, 15) is 0 Å². The van der Waals surface area contributed by atoms with Gasteiger partial charge in [-0.1, -0.05) is 61.0 Å². The quantitative estimate of drug-likeness (QED) is 0.626. The van der Waals surface area contributed by atoms with E-state index >= 15 is 0 Å². The Kier molecular flexibility index (Phi) is 6.26. The van der Waals surface area contributed by atoms with Gasteiger partial charge in [0.1, 0.15) is 0 Å². The molecule has 0 spiro atoms. The number of hydrogen-bond donors (Lipinski definition) is 0. The van der Waals surface area contributed by atoms with E-state index in [0.29, 0.717) is 0 Å². The van der Waals surface area contributed by atoms with Crippen LogP contribution >= 0.6 is 11.8 Å². The molecule has 1 aliphatic carbocycles. The summed E-state index contributed by atoms with van der Waals surface area (Å²) in [4.78, 5) is 1.35. The molecule has 0 heterocycles. The summed E-state index contributed by atoms with van der Waals surface area (Å²) in [6.07, 6.45) is 6.52. The van der Waals surface area contributed by atoms with Crippen LogP contribution in [-0.2, 0) is 6.42 Å². The van der Waals surface area contributed by atoms with Gasteiger partial charge in [-0.25, -0.2) is 0 Å². The number of thioether (sulfide) groups is 1. The van der Waals surface area contributed by atoms with E-state index in [2.05, 4.69) is 67.8 Å². The third kappa shape index (κ3) is 4.01. The maximum absolute atomic E-state index is 4.90. The molecule has 0 radical (unpaired) electrons. The van der Waals surface area contributed by atoms with Crippen molar-refractivity contribution in [3.05, 3.63) is 76.2 Å². The zero-order valence-corrected chi connectivity index (χ0v) is 14.4. The molecule has 0 saturated heterocycles. The van der Waals surface area contributed by atoms with Crippen LogP contribution in [0.2, 0.25) is 0 Å². The molecule has 108 valence electrons. The van der Waals surface area contributed by atoms with Crippen LogP contribution in [0.5, 0.6) is 0 Å². The molecule has 1 atom stereocenters. The van der Waals surface area contributed by atoms with E-state index in [1.54, 1.807) is 11.8 Å². The molecule has 1 nitrogen and oxygen atoms in total. The summed E-state index contributed by atoms with van der Waals surface area (Å²) >= 11 is 1.81. The molecule has 0 aromatic heterocycles. The van der Waals surface area contributed by atoms with Crippen molar-refractivity contribution in [1.29, 1.82) is 0 Å². The number of hydrogen-bond acceptors (Lipinski definition) is 1. The normalized spacial score (nSPS) is 14.4. The summed E-state index contributed by atoms with van der Waals surface area (Å²) in [5.74, 6) is 0. The van der Waals surface area contributed by atoms with Gasteiger partial charge < -0.3 is 5.32 Å². The minimum Gasteiger partial charge on any atom is -0.682 e. The molecular weight excluding hydrogens is 281 g/mol. The second kappa shape index (κ2) is 7.97. The van der Waals surface area contributed by atoms with E-state index in [4.69, 9.17) is 5.32 Å². The number of fused-ring (bicyclic) bond motifs is 1. The van der Waals surface area contributed by atoms with Crippen molar-refractivity contribution in [3.63, 3.8) is 0 Å². The summed E-state index contributed by atoms with van der Waals surface area (Å²) in [7, 11) is 0. The zero-order valence-electron chi connectivity index (χ0n) is 13.5. The second-order valence-corrected chi connectivity index (χ2v) is 6.30. The summed E-state index contributed by atoms with van der Waals surface area (Å²) in [5.41, 5.74) is 5.28. The van der Waals surface area contributed by atoms with E-state index in [1.165, 1.54) is 27.3 Å². The second-order valence-electron chi connectivity index (χ2n) is 5.42. The fourth-order valence-corrected chi connectivity index (χ4v) is 3.20. The molecule has 3 heteroatoms. The average Bonchev–Trinajstić information content (AvgIpc) is 2.55. The van der Waals surface area contributed by atoms with E-state index in [1.807, 2.05) is 0 Å². The van der Waals surface area contributed by atoms with Gasteiger partial charge in [0.2, 0.25) is 0 Å².